The van der Waals surface area contributed by atoms with Crippen LogP contribution >= 0.6 is 11.6 Å². The van der Waals surface area contributed by atoms with E-state index in [1.807, 2.05) is 0 Å². The molecule has 2 aromatic carbocycles. The van der Waals surface area contributed by atoms with E-state index in [0.29, 0.717) is 22.5 Å². The molecule has 0 spiro atoms. The fourth-order valence-corrected chi connectivity index (χ4v) is 4.43. The molecule has 0 bridgehead atoms. The van der Waals surface area contributed by atoms with Crippen molar-refractivity contribution in [3.05, 3.63) is 66.1 Å². The fourth-order valence-electron chi connectivity index (χ4n) is 2.62. The average Bonchev–Trinajstić information content (AvgIpc) is 3.07. The molecule has 0 amide bonds. The van der Waals surface area contributed by atoms with Crippen LogP contribution in [0.15, 0.2) is 70.8 Å². The minimum absolute atomic E-state index is 0.0275. The Kier molecular flexibility index (Phi) is 3.86. The fraction of sp³-hybridized carbons (Fsp3) is 0. The summed E-state index contributed by atoms with van der Waals surface area (Å²) < 4.78 is 27.1. The zero-order chi connectivity index (χ0) is 18.3. The van der Waals surface area contributed by atoms with Gasteiger partial charge in [-0.1, -0.05) is 29.8 Å². The monoisotopic (exact) mass is 385 g/mol. The van der Waals surface area contributed by atoms with E-state index in [1.165, 1.54) is 35.3 Å². The smallest absolute Gasteiger partial charge is 0.208 e. The highest BCUT2D eigenvalue weighted by atomic mass is 35.5. The van der Waals surface area contributed by atoms with Crippen LogP contribution in [0.1, 0.15) is 0 Å². The van der Waals surface area contributed by atoms with Gasteiger partial charge in [-0.15, -0.1) is 0 Å². The van der Waals surface area contributed by atoms with Crippen LogP contribution in [0.5, 0.6) is 0 Å². The van der Waals surface area contributed by atoms with Crippen LogP contribution in [0.2, 0.25) is 5.02 Å². The molecule has 0 saturated heterocycles. The first-order valence-corrected chi connectivity index (χ1v) is 9.39. The van der Waals surface area contributed by atoms with Crippen molar-refractivity contribution < 1.29 is 8.42 Å². The first-order valence-electron chi connectivity index (χ1n) is 7.53. The summed E-state index contributed by atoms with van der Waals surface area (Å²) in [5.74, 6) is 0.315. The van der Waals surface area contributed by atoms with E-state index in [2.05, 4.69) is 15.1 Å². The molecular weight excluding hydrogens is 374 g/mol. The number of sulfone groups is 1. The predicted molar refractivity (Wildman–Crippen MR) is 98.0 cm³/mol. The van der Waals surface area contributed by atoms with Crippen molar-refractivity contribution in [3.63, 3.8) is 0 Å². The molecule has 0 atom stereocenters. The Morgan fingerprint density at radius 3 is 2.54 bits per heavy atom. The number of anilines is 1. The number of benzene rings is 2. The molecule has 0 aliphatic rings. The normalized spacial score (nSPS) is 11.7. The van der Waals surface area contributed by atoms with Crippen molar-refractivity contribution >= 4 is 38.3 Å². The Hall–Kier alpha value is -2.97. The van der Waals surface area contributed by atoms with Crippen LogP contribution in [-0.2, 0) is 9.84 Å². The molecule has 4 aromatic rings. The number of fused-ring (bicyclic) bond motifs is 1. The molecule has 26 heavy (non-hydrogen) atoms. The molecule has 2 aromatic heterocycles. The molecule has 0 aliphatic carbocycles. The molecule has 4 rings (SSSR count). The van der Waals surface area contributed by atoms with Crippen LogP contribution in [0, 0.1) is 0 Å². The van der Waals surface area contributed by atoms with E-state index in [4.69, 9.17) is 17.3 Å². The molecular formula is C17H12ClN5O2S. The zero-order valence-electron chi connectivity index (χ0n) is 13.2. The second-order valence-electron chi connectivity index (χ2n) is 5.48. The number of nitrogen functional groups attached to an aromatic ring is 1. The molecule has 0 saturated carbocycles. The molecule has 0 unspecified atom stereocenters. The van der Waals surface area contributed by atoms with Gasteiger partial charge < -0.3 is 5.73 Å². The summed E-state index contributed by atoms with van der Waals surface area (Å²) in [5, 5.41) is 4.94. The first kappa shape index (κ1) is 16.5. The van der Waals surface area contributed by atoms with Crippen molar-refractivity contribution in [2.45, 2.75) is 9.79 Å². The van der Waals surface area contributed by atoms with Crippen LogP contribution in [0.4, 0.5) is 5.82 Å². The summed E-state index contributed by atoms with van der Waals surface area (Å²) in [7, 11) is -3.71. The van der Waals surface area contributed by atoms with Crippen LogP contribution in [0.3, 0.4) is 0 Å². The number of aromatic nitrogens is 4. The summed E-state index contributed by atoms with van der Waals surface area (Å²) in [6.07, 6.45) is 2.89. The molecule has 2 N–H and O–H groups in total. The Balaban J connectivity index is 1.83. The summed E-state index contributed by atoms with van der Waals surface area (Å²) >= 11 is 6.29. The third-order valence-corrected chi connectivity index (χ3v) is 6.15. The van der Waals surface area contributed by atoms with Gasteiger partial charge in [0, 0.05) is 0 Å². The molecule has 0 radical (unpaired) electrons. The highest BCUT2D eigenvalue weighted by Crippen LogP contribution is 2.30. The second-order valence-corrected chi connectivity index (χ2v) is 7.81. The highest BCUT2D eigenvalue weighted by molar-refractivity contribution is 7.91. The minimum atomic E-state index is -3.71. The van der Waals surface area contributed by atoms with Crippen molar-refractivity contribution in [2.75, 3.05) is 5.73 Å². The summed E-state index contributed by atoms with van der Waals surface area (Å²) in [4.78, 5) is 8.30. The lowest BCUT2D eigenvalue weighted by atomic mass is 10.3. The standard InChI is InChI=1S/C17H12ClN5O2S/c18-14-8-11(23-17-13(9-22-23)16(19)20-10-21-17)6-7-15(14)26(24,25)12-4-2-1-3-5-12/h1-10H,(H2,19,20,21). The molecule has 7 nitrogen and oxygen atoms in total. The largest absolute Gasteiger partial charge is 0.383 e. The van der Waals surface area contributed by atoms with Gasteiger partial charge in [-0.2, -0.15) is 5.10 Å². The molecule has 0 aliphatic heterocycles. The maximum Gasteiger partial charge on any atom is 0.208 e. The van der Waals surface area contributed by atoms with E-state index in [0.717, 1.165) is 0 Å². The van der Waals surface area contributed by atoms with Gasteiger partial charge in [0.1, 0.15) is 12.1 Å². The van der Waals surface area contributed by atoms with Gasteiger partial charge in [-0.3, -0.25) is 0 Å². The van der Waals surface area contributed by atoms with Crippen molar-refractivity contribution in [1.82, 2.24) is 19.7 Å². The van der Waals surface area contributed by atoms with E-state index >= 15 is 0 Å². The van der Waals surface area contributed by atoms with Gasteiger partial charge in [0.15, 0.2) is 5.65 Å². The lowest BCUT2D eigenvalue weighted by molar-refractivity contribution is 0.596. The lowest BCUT2D eigenvalue weighted by Crippen LogP contribution is -2.04. The van der Waals surface area contributed by atoms with Gasteiger partial charge in [0.2, 0.25) is 9.84 Å². The van der Waals surface area contributed by atoms with Gasteiger partial charge in [-0.25, -0.2) is 23.1 Å². The number of halogens is 1. The number of rotatable bonds is 3. The predicted octanol–water partition coefficient (Wildman–Crippen LogP) is 2.88. The summed E-state index contributed by atoms with van der Waals surface area (Å²) in [6.45, 7) is 0. The van der Waals surface area contributed by atoms with E-state index in [1.54, 1.807) is 30.5 Å². The maximum atomic E-state index is 12.8. The third kappa shape index (κ3) is 2.59. The maximum absolute atomic E-state index is 12.8. The number of nitrogens with zero attached hydrogens (tertiary/aromatic N) is 4. The molecule has 9 heteroatoms. The Labute approximate surface area is 154 Å². The quantitative estimate of drug-likeness (QED) is 0.581. The Morgan fingerprint density at radius 2 is 1.81 bits per heavy atom. The topological polar surface area (TPSA) is 104 Å². The van der Waals surface area contributed by atoms with Gasteiger partial charge >= 0.3 is 0 Å². The summed E-state index contributed by atoms with van der Waals surface area (Å²) in [6, 6.07) is 12.7. The highest BCUT2D eigenvalue weighted by Gasteiger charge is 2.21. The number of nitrogens with two attached hydrogens (primary N) is 1. The minimum Gasteiger partial charge on any atom is -0.383 e. The van der Waals surface area contributed by atoms with E-state index in [-0.39, 0.29) is 14.8 Å². The van der Waals surface area contributed by atoms with Crippen LogP contribution in [0.25, 0.3) is 16.7 Å². The Bertz CT molecular complexity index is 1220. The van der Waals surface area contributed by atoms with E-state index < -0.39 is 9.84 Å². The average molecular weight is 386 g/mol. The van der Waals surface area contributed by atoms with Crippen molar-refractivity contribution in [3.8, 4) is 5.69 Å². The number of hydrogen-bond donors (Lipinski definition) is 1. The van der Waals surface area contributed by atoms with Crippen LogP contribution in [-0.4, -0.2) is 28.2 Å². The van der Waals surface area contributed by atoms with E-state index in [9.17, 15) is 8.42 Å². The van der Waals surface area contributed by atoms with Crippen molar-refractivity contribution in [1.29, 1.82) is 0 Å². The number of hydrogen-bond acceptors (Lipinski definition) is 6. The summed E-state index contributed by atoms with van der Waals surface area (Å²) in [5.41, 5.74) is 6.88. The van der Waals surface area contributed by atoms with Crippen LogP contribution < -0.4 is 5.73 Å². The van der Waals surface area contributed by atoms with Crippen molar-refractivity contribution in [2.24, 2.45) is 0 Å². The van der Waals surface area contributed by atoms with Gasteiger partial charge in [0.05, 0.1) is 32.1 Å². The zero-order valence-corrected chi connectivity index (χ0v) is 14.8. The second kappa shape index (κ2) is 6.08. The molecule has 2 heterocycles. The van der Waals surface area contributed by atoms with Gasteiger partial charge in [-0.05, 0) is 30.3 Å². The molecule has 130 valence electrons. The SMILES string of the molecule is Nc1ncnc2c1cnn2-c1ccc(S(=O)(=O)c2ccccc2)c(Cl)c1. The van der Waals surface area contributed by atoms with Gasteiger partial charge in [0.25, 0.3) is 0 Å². The first-order chi connectivity index (χ1) is 12.5. The third-order valence-electron chi connectivity index (χ3n) is 3.90. The Morgan fingerprint density at radius 1 is 1.04 bits per heavy atom. The molecule has 0 fully saturated rings. The lowest BCUT2D eigenvalue weighted by Gasteiger charge is -2.09.